The van der Waals surface area contributed by atoms with Gasteiger partial charge in [0, 0.05) is 26.6 Å². The van der Waals surface area contributed by atoms with Crippen molar-refractivity contribution in [3.05, 3.63) is 0 Å². The molecule has 0 spiro atoms. The highest BCUT2D eigenvalue weighted by atomic mass is 32.2. The second kappa shape index (κ2) is 4.85. The monoisotopic (exact) mass is 225 g/mol. The SMILES string of the molecule is CNS(=O)(=O)N(C)C(C)CC(N)=S. The lowest BCUT2D eigenvalue weighted by molar-refractivity contribution is 0.392. The van der Waals surface area contributed by atoms with Crippen molar-refractivity contribution in [1.29, 1.82) is 0 Å². The van der Waals surface area contributed by atoms with Crippen LogP contribution in [0.3, 0.4) is 0 Å². The molecule has 1 unspecified atom stereocenters. The van der Waals surface area contributed by atoms with E-state index in [1.54, 1.807) is 6.92 Å². The Bertz CT molecular complexity index is 276. The van der Waals surface area contributed by atoms with E-state index in [2.05, 4.69) is 16.9 Å². The average molecular weight is 225 g/mol. The fraction of sp³-hybridized carbons (Fsp3) is 0.833. The Labute approximate surface area is 84.5 Å². The van der Waals surface area contributed by atoms with Crippen molar-refractivity contribution in [3.8, 4) is 0 Å². The van der Waals surface area contributed by atoms with E-state index in [9.17, 15) is 8.42 Å². The third kappa shape index (κ3) is 3.99. The van der Waals surface area contributed by atoms with Crippen molar-refractivity contribution >= 4 is 27.4 Å². The Morgan fingerprint density at radius 1 is 1.69 bits per heavy atom. The minimum atomic E-state index is -3.37. The summed E-state index contributed by atoms with van der Waals surface area (Å²) in [6, 6.07) is -0.227. The first-order valence-corrected chi connectivity index (χ1v) is 5.61. The van der Waals surface area contributed by atoms with E-state index in [-0.39, 0.29) is 6.04 Å². The molecule has 5 nitrogen and oxygen atoms in total. The van der Waals surface area contributed by atoms with Gasteiger partial charge in [-0.1, -0.05) is 12.2 Å². The first-order chi connectivity index (χ1) is 5.81. The number of nitrogens with one attached hydrogen (secondary N) is 1. The van der Waals surface area contributed by atoms with Gasteiger partial charge in [-0.25, -0.2) is 4.72 Å². The zero-order valence-electron chi connectivity index (χ0n) is 7.94. The Hall–Kier alpha value is -0.240. The molecule has 0 aromatic carbocycles. The fourth-order valence-electron chi connectivity index (χ4n) is 0.801. The standard InChI is InChI=1S/C6H15N3O2S2/c1-5(4-6(7)12)9(3)13(10,11)8-2/h5,8H,4H2,1-3H3,(H2,7,12). The van der Waals surface area contributed by atoms with Gasteiger partial charge in [-0.3, -0.25) is 0 Å². The summed E-state index contributed by atoms with van der Waals surface area (Å²) < 4.78 is 25.9. The second-order valence-corrected chi connectivity index (χ2v) is 5.20. The molecule has 0 radical (unpaired) electrons. The topological polar surface area (TPSA) is 75.4 Å². The van der Waals surface area contributed by atoms with Crippen LogP contribution in [0.1, 0.15) is 13.3 Å². The summed E-state index contributed by atoms with van der Waals surface area (Å²) in [5.41, 5.74) is 5.31. The largest absolute Gasteiger partial charge is 0.393 e. The fourth-order valence-corrected chi connectivity index (χ4v) is 1.88. The molecular weight excluding hydrogens is 210 g/mol. The minimum absolute atomic E-state index is 0.227. The molecule has 0 rings (SSSR count). The zero-order chi connectivity index (χ0) is 10.6. The van der Waals surface area contributed by atoms with Gasteiger partial charge in [0.1, 0.15) is 0 Å². The van der Waals surface area contributed by atoms with Crippen LogP contribution in [0.2, 0.25) is 0 Å². The number of rotatable bonds is 5. The Morgan fingerprint density at radius 2 is 2.15 bits per heavy atom. The highest BCUT2D eigenvalue weighted by Crippen LogP contribution is 2.05. The van der Waals surface area contributed by atoms with E-state index in [4.69, 9.17) is 5.73 Å². The van der Waals surface area contributed by atoms with E-state index in [1.165, 1.54) is 18.4 Å². The van der Waals surface area contributed by atoms with Crippen LogP contribution < -0.4 is 10.5 Å². The van der Waals surface area contributed by atoms with Gasteiger partial charge in [0.15, 0.2) is 0 Å². The molecule has 0 aromatic heterocycles. The Morgan fingerprint density at radius 3 is 2.46 bits per heavy atom. The summed E-state index contributed by atoms with van der Waals surface area (Å²) in [6.45, 7) is 1.74. The molecule has 0 aliphatic heterocycles. The zero-order valence-corrected chi connectivity index (χ0v) is 9.58. The summed E-state index contributed by atoms with van der Waals surface area (Å²) in [6.07, 6.45) is 0.382. The molecule has 7 heteroatoms. The van der Waals surface area contributed by atoms with E-state index in [0.717, 1.165) is 0 Å². The third-order valence-electron chi connectivity index (χ3n) is 1.75. The van der Waals surface area contributed by atoms with Crippen LogP contribution >= 0.6 is 12.2 Å². The molecule has 0 aliphatic rings. The number of nitrogens with two attached hydrogens (primary N) is 1. The summed E-state index contributed by atoms with van der Waals surface area (Å²) in [4.78, 5) is 0.311. The molecule has 0 heterocycles. The van der Waals surface area contributed by atoms with Gasteiger partial charge in [-0.2, -0.15) is 12.7 Å². The van der Waals surface area contributed by atoms with Crippen LogP contribution in [-0.2, 0) is 10.2 Å². The van der Waals surface area contributed by atoms with E-state index >= 15 is 0 Å². The Balaban J connectivity index is 4.43. The number of hydrogen-bond acceptors (Lipinski definition) is 3. The van der Waals surface area contributed by atoms with Crippen molar-refractivity contribution in [1.82, 2.24) is 9.03 Å². The van der Waals surface area contributed by atoms with Gasteiger partial charge >= 0.3 is 0 Å². The molecule has 0 bridgehead atoms. The summed E-state index contributed by atoms with van der Waals surface area (Å²) >= 11 is 4.69. The summed E-state index contributed by atoms with van der Waals surface area (Å²) in [7, 11) is -0.534. The van der Waals surface area contributed by atoms with Crippen LogP contribution in [-0.4, -0.2) is 37.8 Å². The van der Waals surface area contributed by atoms with Crippen molar-refractivity contribution < 1.29 is 8.42 Å². The molecule has 0 saturated carbocycles. The number of nitrogens with zero attached hydrogens (tertiary/aromatic N) is 1. The predicted molar refractivity (Wildman–Crippen MR) is 56.6 cm³/mol. The van der Waals surface area contributed by atoms with Crippen LogP contribution in [0.25, 0.3) is 0 Å². The van der Waals surface area contributed by atoms with Crippen LogP contribution in [0.4, 0.5) is 0 Å². The van der Waals surface area contributed by atoms with Crippen molar-refractivity contribution in [3.63, 3.8) is 0 Å². The molecule has 0 amide bonds. The third-order valence-corrected chi connectivity index (χ3v) is 3.56. The number of thiocarbonyl (C=S) groups is 1. The number of hydrogen-bond donors (Lipinski definition) is 2. The van der Waals surface area contributed by atoms with E-state index in [1.807, 2.05) is 0 Å². The molecule has 78 valence electrons. The molecule has 0 aliphatic carbocycles. The normalized spacial score (nSPS) is 14.5. The molecule has 0 saturated heterocycles. The van der Waals surface area contributed by atoms with Crippen LogP contribution in [0.15, 0.2) is 0 Å². The average Bonchev–Trinajstić information content (AvgIpc) is 2.01. The van der Waals surface area contributed by atoms with Gasteiger partial charge in [0.25, 0.3) is 10.2 Å². The second-order valence-electron chi connectivity index (χ2n) is 2.74. The maximum Gasteiger partial charge on any atom is 0.279 e. The molecular formula is C6H15N3O2S2. The van der Waals surface area contributed by atoms with E-state index < -0.39 is 10.2 Å². The smallest absolute Gasteiger partial charge is 0.279 e. The lowest BCUT2D eigenvalue weighted by Gasteiger charge is -2.22. The van der Waals surface area contributed by atoms with Gasteiger partial charge in [0.05, 0.1) is 4.99 Å². The maximum absolute atomic E-state index is 11.3. The minimum Gasteiger partial charge on any atom is -0.393 e. The molecule has 1 atom stereocenters. The van der Waals surface area contributed by atoms with Gasteiger partial charge in [-0.15, -0.1) is 0 Å². The van der Waals surface area contributed by atoms with E-state index in [0.29, 0.717) is 11.4 Å². The lowest BCUT2D eigenvalue weighted by atomic mass is 10.2. The van der Waals surface area contributed by atoms with Crippen LogP contribution in [0.5, 0.6) is 0 Å². The summed E-state index contributed by atoms with van der Waals surface area (Å²) in [5, 5.41) is 0. The van der Waals surface area contributed by atoms with Crippen molar-refractivity contribution in [2.45, 2.75) is 19.4 Å². The molecule has 0 fully saturated rings. The first-order valence-electron chi connectivity index (χ1n) is 3.76. The van der Waals surface area contributed by atoms with Gasteiger partial charge < -0.3 is 5.73 Å². The molecule has 0 aromatic rings. The summed E-state index contributed by atoms with van der Waals surface area (Å²) in [5.74, 6) is 0. The first kappa shape index (κ1) is 12.8. The van der Waals surface area contributed by atoms with Crippen molar-refractivity contribution in [2.75, 3.05) is 14.1 Å². The van der Waals surface area contributed by atoms with Gasteiger partial charge in [-0.05, 0) is 6.92 Å². The quantitative estimate of drug-likeness (QED) is 0.615. The molecule has 3 N–H and O–H groups in total. The highest BCUT2D eigenvalue weighted by Gasteiger charge is 2.21. The molecule has 13 heavy (non-hydrogen) atoms. The maximum atomic E-state index is 11.3. The predicted octanol–water partition coefficient (Wildman–Crippen LogP) is -0.553. The van der Waals surface area contributed by atoms with Crippen LogP contribution in [0, 0.1) is 0 Å². The Kier molecular flexibility index (Phi) is 4.76. The van der Waals surface area contributed by atoms with Gasteiger partial charge in [0.2, 0.25) is 0 Å². The van der Waals surface area contributed by atoms with Crippen molar-refractivity contribution in [2.24, 2.45) is 5.73 Å². The lowest BCUT2D eigenvalue weighted by Crippen LogP contribution is -2.42. The highest BCUT2D eigenvalue weighted by molar-refractivity contribution is 7.87.